The van der Waals surface area contributed by atoms with Crippen molar-refractivity contribution in [1.29, 1.82) is 0 Å². The minimum atomic E-state index is -0.625. The minimum Gasteiger partial charge on any atom is -0.504 e. The van der Waals surface area contributed by atoms with Crippen LogP contribution in [0.4, 0.5) is 0 Å². The van der Waals surface area contributed by atoms with E-state index in [2.05, 4.69) is 5.32 Å². The number of nitrogens with one attached hydrogen (secondary N) is 1. The van der Waals surface area contributed by atoms with Gasteiger partial charge in [0.15, 0.2) is 11.5 Å². The summed E-state index contributed by atoms with van der Waals surface area (Å²) in [6.45, 7) is -0.454. The molecule has 1 unspecified atom stereocenters. The van der Waals surface area contributed by atoms with Gasteiger partial charge in [0.1, 0.15) is 19.0 Å². The Kier molecular flexibility index (Phi) is 3.66. The van der Waals surface area contributed by atoms with E-state index in [1.54, 1.807) is 6.07 Å². The van der Waals surface area contributed by atoms with Crippen LogP contribution < -0.4 is 19.5 Å². The van der Waals surface area contributed by atoms with Crippen LogP contribution in [-0.4, -0.2) is 43.6 Å². The van der Waals surface area contributed by atoms with Crippen molar-refractivity contribution >= 4 is 5.91 Å². The molecular formula is C12H15NO6. The van der Waals surface area contributed by atoms with Gasteiger partial charge < -0.3 is 29.7 Å². The number of amides is 1. The number of aromatic hydroxyl groups is 1. The van der Waals surface area contributed by atoms with E-state index in [9.17, 15) is 9.90 Å². The van der Waals surface area contributed by atoms with E-state index >= 15 is 0 Å². The van der Waals surface area contributed by atoms with E-state index in [-0.39, 0.29) is 18.1 Å². The predicted octanol–water partition coefficient (Wildman–Crippen LogP) is -0.0486. The van der Waals surface area contributed by atoms with Crippen LogP contribution in [0, 0.1) is 0 Å². The molecule has 0 aliphatic carbocycles. The van der Waals surface area contributed by atoms with Gasteiger partial charge in [-0.2, -0.15) is 0 Å². The van der Waals surface area contributed by atoms with Crippen molar-refractivity contribution in [3.8, 4) is 23.0 Å². The number of fused-ring (bicyclic) bond motifs is 1. The number of phenolic OH excluding ortho intramolecular Hbond substituents is 1. The summed E-state index contributed by atoms with van der Waals surface area (Å²) in [4.78, 5) is 11.2. The van der Waals surface area contributed by atoms with Gasteiger partial charge in [0.2, 0.25) is 11.7 Å². The van der Waals surface area contributed by atoms with Crippen LogP contribution in [0.1, 0.15) is 11.6 Å². The number of aliphatic hydroxyl groups is 1. The third-order valence-corrected chi connectivity index (χ3v) is 2.88. The van der Waals surface area contributed by atoms with Crippen molar-refractivity contribution in [3.63, 3.8) is 0 Å². The van der Waals surface area contributed by atoms with Crippen LogP contribution in [0.5, 0.6) is 23.0 Å². The van der Waals surface area contributed by atoms with Crippen molar-refractivity contribution in [3.05, 3.63) is 11.6 Å². The van der Waals surface area contributed by atoms with Crippen LogP contribution in [0.15, 0.2) is 6.07 Å². The molecule has 1 aromatic rings. The topological polar surface area (TPSA) is 97.2 Å². The Bertz CT molecular complexity index is 501. The number of hydrogen-bond donors (Lipinski definition) is 3. The lowest BCUT2D eigenvalue weighted by molar-refractivity contribution is -0.124. The Labute approximate surface area is 109 Å². The van der Waals surface area contributed by atoms with Crippen molar-refractivity contribution in [1.82, 2.24) is 5.32 Å². The zero-order valence-corrected chi connectivity index (χ0v) is 10.6. The van der Waals surface area contributed by atoms with E-state index in [4.69, 9.17) is 19.3 Å². The van der Waals surface area contributed by atoms with Gasteiger partial charge >= 0.3 is 0 Å². The fourth-order valence-corrected chi connectivity index (χ4v) is 2.03. The number of phenols is 1. The highest BCUT2D eigenvalue weighted by Crippen LogP contribution is 2.49. The van der Waals surface area contributed by atoms with E-state index in [0.29, 0.717) is 17.1 Å². The Morgan fingerprint density at radius 1 is 1.53 bits per heavy atom. The molecule has 0 aromatic heterocycles. The maximum atomic E-state index is 11.2. The summed E-state index contributed by atoms with van der Waals surface area (Å²) >= 11 is 0. The molecule has 0 radical (unpaired) electrons. The molecule has 104 valence electrons. The molecule has 7 heteroatoms. The first kappa shape index (κ1) is 13.3. The van der Waals surface area contributed by atoms with Crippen LogP contribution in [-0.2, 0) is 4.79 Å². The second-order valence-electron chi connectivity index (χ2n) is 3.96. The van der Waals surface area contributed by atoms with Crippen LogP contribution in [0.25, 0.3) is 0 Å². The quantitative estimate of drug-likeness (QED) is 0.709. The van der Waals surface area contributed by atoms with Crippen LogP contribution in [0.3, 0.4) is 0 Å². The van der Waals surface area contributed by atoms with Gasteiger partial charge in [0.25, 0.3) is 0 Å². The molecule has 3 N–H and O–H groups in total. The number of carbonyl (C=O) groups excluding carboxylic acids is 1. The van der Waals surface area contributed by atoms with E-state index in [0.717, 1.165) is 0 Å². The maximum absolute atomic E-state index is 11.2. The SMILES string of the molecule is COc1cc2c(c(O)c1OC)C(NC(=O)CO)CO2. The lowest BCUT2D eigenvalue weighted by atomic mass is 10.1. The highest BCUT2D eigenvalue weighted by Gasteiger charge is 2.32. The zero-order valence-electron chi connectivity index (χ0n) is 10.6. The number of ether oxygens (including phenoxy) is 3. The van der Waals surface area contributed by atoms with Crippen molar-refractivity contribution < 1.29 is 29.2 Å². The number of carbonyl (C=O) groups is 1. The molecule has 0 saturated carbocycles. The first-order valence-corrected chi connectivity index (χ1v) is 5.63. The Hall–Kier alpha value is -2.15. The maximum Gasteiger partial charge on any atom is 0.246 e. The minimum absolute atomic E-state index is 0.141. The summed E-state index contributed by atoms with van der Waals surface area (Å²) in [5, 5.41) is 21.5. The number of aliphatic hydroxyl groups excluding tert-OH is 1. The molecule has 1 heterocycles. The lowest BCUT2D eigenvalue weighted by Crippen LogP contribution is -2.31. The molecule has 7 nitrogen and oxygen atoms in total. The molecule has 19 heavy (non-hydrogen) atoms. The second-order valence-corrected chi connectivity index (χ2v) is 3.96. The van der Waals surface area contributed by atoms with E-state index in [1.165, 1.54) is 14.2 Å². The molecule has 1 aliphatic heterocycles. The monoisotopic (exact) mass is 269 g/mol. The molecular weight excluding hydrogens is 254 g/mol. The summed E-state index contributed by atoms with van der Waals surface area (Å²) in [5.41, 5.74) is 0.416. The zero-order chi connectivity index (χ0) is 14.0. The number of methoxy groups -OCH3 is 2. The molecule has 0 spiro atoms. The Morgan fingerprint density at radius 2 is 2.26 bits per heavy atom. The second kappa shape index (κ2) is 5.23. The summed E-state index contributed by atoms with van der Waals surface area (Å²) in [6, 6.07) is 1.05. The fourth-order valence-electron chi connectivity index (χ4n) is 2.03. The van der Waals surface area contributed by atoms with E-state index < -0.39 is 18.6 Å². The highest BCUT2D eigenvalue weighted by atomic mass is 16.5. The molecule has 1 aromatic carbocycles. The predicted molar refractivity (Wildman–Crippen MR) is 64.7 cm³/mol. The molecule has 1 amide bonds. The van der Waals surface area contributed by atoms with Gasteiger partial charge in [-0.25, -0.2) is 0 Å². The first-order chi connectivity index (χ1) is 9.12. The number of rotatable bonds is 4. The average molecular weight is 269 g/mol. The van der Waals surface area contributed by atoms with E-state index in [1.807, 2.05) is 0 Å². The third-order valence-electron chi connectivity index (χ3n) is 2.88. The van der Waals surface area contributed by atoms with Gasteiger partial charge in [-0.15, -0.1) is 0 Å². The number of benzene rings is 1. The Morgan fingerprint density at radius 3 is 2.84 bits per heavy atom. The third kappa shape index (κ3) is 2.24. The summed E-state index contributed by atoms with van der Waals surface area (Å²) in [7, 11) is 2.85. The lowest BCUT2D eigenvalue weighted by Gasteiger charge is -2.15. The number of hydrogen-bond acceptors (Lipinski definition) is 6. The fraction of sp³-hybridized carbons (Fsp3) is 0.417. The van der Waals surface area contributed by atoms with Crippen LogP contribution in [0.2, 0.25) is 0 Å². The standard InChI is InChI=1S/C12H15NO6/c1-17-8-3-7-10(11(16)12(8)18-2)6(5-19-7)13-9(15)4-14/h3,6,14,16H,4-5H2,1-2H3,(H,13,15). The van der Waals surface area contributed by atoms with Gasteiger partial charge in [-0.1, -0.05) is 0 Å². The van der Waals surface area contributed by atoms with Gasteiger partial charge in [0.05, 0.1) is 25.8 Å². The molecule has 2 rings (SSSR count). The van der Waals surface area contributed by atoms with Crippen molar-refractivity contribution in [2.75, 3.05) is 27.4 Å². The van der Waals surface area contributed by atoms with Crippen molar-refractivity contribution in [2.45, 2.75) is 6.04 Å². The normalized spacial score (nSPS) is 16.5. The van der Waals surface area contributed by atoms with Crippen molar-refractivity contribution in [2.24, 2.45) is 0 Å². The molecule has 1 aliphatic rings. The van der Waals surface area contributed by atoms with Gasteiger partial charge in [-0.05, 0) is 0 Å². The van der Waals surface area contributed by atoms with Crippen LogP contribution >= 0.6 is 0 Å². The van der Waals surface area contributed by atoms with Gasteiger partial charge in [-0.3, -0.25) is 4.79 Å². The summed E-state index contributed by atoms with van der Waals surface area (Å²) in [6.07, 6.45) is 0. The highest BCUT2D eigenvalue weighted by molar-refractivity contribution is 5.78. The average Bonchev–Trinajstić information content (AvgIpc) is 2.81. The first-order valence-electron chi connectivity index (χ1n) is 5.63. The molecule has 0 fully saturated rings. The largest absolute Gasteiger partial charge is 0.504 e. The molecule has 0 saturated heterocycles. The molecule has 0 bridgehead atoms. The summed E-state index contributed by atoms with van der Waals surface area (Å²) < 4.78 is 15.6. The smallest absolute Gasteiger partial charge is 0.246 e. The Balaban J connectivity index is 2.42. The summed E-state index contributed by atoms with van der Waals surface area (Å²) in [5.74, 6) is 0.245. The molecule has 1 atom stereocenters. The van der Waals surface area contributed by atoms with Gasteiger partial charge in [0, 0.05) is 6.07 Å².